The van der Waals surface area contributed by atoms with E-state index in [9.17, 15) is 18.0 Å². The number of hydrogen-bond acceptors (Lipinski definition) is 9. The van der Waals surface area contributed by atoms with E-state index in [1.165, 1.54) is 18.3 Å². The molecule has 1 heterocycles. The number of benzene rings is 3. The van der Waals surface area contributed by atoms with Crippen molar-refractivity contribution in [2.75, 3.05) is 22.3 Å². The molecule has 40 heavy (non-hydrogen) atoms. The summed E-state index contributed by atoms with van der Waals surface area (Å²) in [7, 11) is 0. The van der Waals surface area contributed by atoms with Gasteiger partial charge in [-0.15, -0.1) is 23.4 Å². The summed E-state index contributed by atoms with van der Waals surface area (Å²) in [5.41, 5.74) is 4.65. The van der Waals surface area contributed by atoms with Gasteiger partial charge in [-0.05, 0) is 54.1 Å². The van der Waals surface area contributed by atoms with Crippen LogP contribution in [0.25, 0.3) is 0 Å². The number of nitrogen functional groups attached to an aromatic ring is 1. The van der Waals surface area contributed by atoms with E-state index in [4.69, 9.17) is 22.2 Å². The van der Waals surface area contributed by atoms with Crippen LogP contribution in [0.3, 0.4) is 0 Å². The van der Waals surface area contributed by atoms with E-state index in [1.807, 2.05) is 36.4 Å². The van der Waals surface area contributed by atoms with Crippen LogP contribution in [0.15, 0.2) is 83.1 Å². The van der Waals surface area contributed by atoms with Crippen LogP contribution in [0.5, 0.6) is 11.5 Å². The van der Waals surface area contributed by atoms with E-state index in [0.29, 0.717) is 28.6 Å². The second kappa shape index (κ2) is 13.1. The van der Waals surface area contributed by atoms with Crippen molar-refractivity contribution in [3.8, 4) is 11.5 Å². The van der Waals surface area contributed by atoms with Crippen molar-refractivity contribution >= 4 is 47.1 Å². The van der Waals surface area contributed by atoms with E-state index in [0.717, 1.165) is 34.1 Å². The number of anilines is 2. The maximum atomic E-state index is 12.3. The number of halogens is 4. The SMILES string of the molecule is Nn1c(N/N=C/c2ccccc2OCc2ccc(Cl)cc2)nnc1SCC(=O)Nc1ccc(OC(F)(F)F)cc1. The van der Waals surface area contributed by atoms with Crippen LogP contribution >= 0.6 is 23.4 Å². The molecule has 0 saturated heterocycles. The van der Waals surface area contributed by atoms with Gasteiger partial charge in [-0.3, -0.25) is 4.79 Å². The Bertz CT molecular complexity index is 1470. The van der Waals surface area contributed by atoms with Gasteiger partial charge in [-0.2, -0.15) is 5.10 Å². The number of carbonyl (C=O) groups is 1. The first kappa shape index (κ1) is 28.6. The Balaban J connectivity index is 1.27. The third kappa shape index (κ3) is 8.54. The standard InChI is InChI=1S/C25H21ClF3N7O3S/c26-18-7-5-16(6-8-18)14-38-21-4-2-1-3-17(21)13-31-33-23-34-35-24(36(23)30)40-15-22(37)32-19-9-11-20(12-10-19)39-25(27,28)29/h1-13H,14-15,30H2,(H,32,37)(H,33,34)/b31-13+. The molecule has 0 fully saturated rings. The minimum Gasteiger partial charge on any atom is -0.488 e. The lowest BCUT2D eigenvalue weighted by Gasteiger charge is -2.10. The Morgan fingerprint density at radius 1 is 1.07 bits per heavy atom. The number of para-hydroxylation sites is 1. The van der Waals surface area contributed by atoms with Gasteiger partial charge in [0.2, 0.25) is 11.1 Å². The van der Waals surface area contributed by atoms with Gasteiger partial charge in [-0.25, -0.2) is 10.1 Å². The maximum absolute atomic E-state index is 12.3. The van der Waals surface area contributed by atoms with Crippen molar-refractivity contribution < 1.29 is 27.4 Å². The topological polar surface area (TPSA) is 129 Å². The Hall–Kier alpha value is -4.43. The van der Waals surface area contributed by atoms with Crippen molar-refractivity contribution in [1.29, 1.82) is 0 Å². The maximum Gasteiger partial charge on any atom is 0.573 e. The summed E-state index contributed by atoms with van der Waals surface area (Å²) in [6.07, 6.45) is -3.26. The number of nitrogens with zero attached hydrogens (tertiary/aromatic N) is 4. The van der Waals surface area contributed by atoms with Gasteiger partial charge in [0.1, 0.15) is 18.1 Å². The number of amides is 1. The summed E-state index contributed by atoms with van der Waals surface area (Å²) in [4.78, 5) is 12.2. The van der Waals surface area contributed by atoms with Gasteiger partial charge in [-0.1, -0.05) is 47.6 Å². The minimum atomic E-state index is -4.80. The van der Waals surface area contributed by atoms with Crippen molar-refractivity contribution in [1.82, 2.24) is 14.9 Å². The van der Waals surface area contributed by atoms with Gasteiger partial charge in [0, 0.05) is 16.3 Å². The van der Waals surface area contributed by atoms with Crippen LogP contribution in [0, 0.1) is 0 Å². The second-order valence-electron chi connectivity index (χ2n) is 7.91. The fourth-order valence-electron chi connectivity index (χ4n) is 3.14. The van der Waals surface area contributed by atoms with Gasteiger partial charge >= 0.3 is 6.36 Å². The highest BCUT2D eigenvalue weighted by Crippen LogP contribution is 2.24. The fourth-order valence-corrected chi connectivity index (χ4v) is 3.92. The summed E-state index contributed by atoms with van der Waals surface area (Å²) in [5.74, 6) is 5.83. The fraction of sp³-hybridized carbons (Fsp3) is 0.120. The molecular weight excluding hydrogens is 571 g/mol. The number of nitrogens with two attached hydrogens (primary N) is 1. The molecule has 1 amide bonds. The van der Waals surface area contributed by atoms with Crippen LogP contribution in [0.2, 0.25) is 5.02 Å². The first-order valence-electron chi connectivity index (χ1n) is 11.4. The molecule has 0 atom stereocenters. The van der Waals surface area contributed by atoms with Crippen molar-refractivity contribution in [3.63, 3.8) is 0 Å². The molecule has 0 unspecified atom stereocenters. The molecule has 0 saturated carbocycles. The van der Waals surface area contributed by atoms with Crippen LogP contribution in [-0.2, 0) is 11.4 Å². The lowest BCUT2D eigenvalue weighted by molar-refractivity contribution is -0.274. The number of nitrogens with one attached hydrogen (secondary N) is 2. The Labute approximate surface area is 235 Å². The molecule has 4 N–H and O–H groups in total. The van der Waals surface area contributed by atoms with E-state index < -0.39 is 18.0 Å². The summed E-state index contributed by atoms with van der Waals surface area (Å²) < 4.78 is 47.6. The lowest BCUT2D eigenvalue weighted by atomic mass is 10.2. The molecule has 3 aromatic carbocycles. The molecule has 15 heteroatoms. The first-order chi connectivity index (χ1) is 19.2. The third-order valence-electron chi connectivity index (χ3n) is 4.96. The minimum absolute atomic E-state index is 0.0856. The van der Waals surface area contributed by atoms with E-state index in [-0.39, 0.29) is 16.9 Å². The monoisotopic (exact) mass is 591 g/mol. The second-order valence-corrected chi connectivity index (χ2v) is 9.29. The number of thioether (sulfide) groups is 1. The van der Waals surface area contributed by atoms with E-state index in [2.05, 4.69) is 30.8 Å². The highest BCUT2D eigenvalue weighted by molar-refractivity contribution is 7.99. The normalized spacial score (nSPS) is 11.4. The summed E-state index contributed by atoms with van der Waals surface area (Å²) in [5, 5.41) is 15.4. The number of carbonyl (C=O) groups excluding carboxylic acids is 1. The molecule has 0 spiro atoms. The average Bonchev–Trinajstić information content (AvgIpc) is 3.27. The zero-order chi connectivity index (χ0) is 28.5. The Morgan fingerprint density at radius 2 is 1.80 bits per heavy atom. The van der Waals surface area contributed by atoms with Crippen LogP contribution in [-0.4, -0.2) is 39.1 Å². The summed E-state index contributed by atoms with van der Waals surface area (Å²) in [6.45, 7) is 0.346. The zero-order valence-corrected chi connectivity index (χ0v) is 22.0. The molecule has 208 valence electrons. The molecule has 0 aliphatic heterocycles. The van der Waals surface area contributed by atoms with Gasteiger partial charge < -0.3 is 20.6 Å². The first-order valence-corrected chi connectivity index (χ1v) is 12.8. The Morgan fingerprint density at radius 3 is 2.52 bits per heavy atom. The summed E-state index contributed by atoms with van der Waals surface area (Å²) >= 11 is 6.92. The van der Waals surface area contributed by atoms with Crippen LogP contribution in [0.4, 0.5) is 24.8 Å². The number of alkyl halides is 3. The highest BCUT2D eigenvalue weighted by Gasteiger charge is 2.31. The number of ether oxygens (including phenoxy) is 2. The predicted molar refractivity (Wildman–Crippen MR) is 146 cm³/mol. The molecule has 4 rings (SSSR count). The highest BCUT2D eigenvalue weighted by atomic mass is 35.5. The van der Waals surface area contributed by atoms with Gasteiger partial charge in [0.15, 0.2) is 0 Å². The number of aromatic nitrogens is 3. The number of hydrogen-bond donors (Lipinski definition) is 3. The largest absolute Gasteiger partial charge is 0.573 e. The van der Waals surface area contributed by atoms with E-state index >= 15 is 0 Å². The number of hydrazone groups is 1. The summed E-state index contributed by atoms with van der Waals surface area (Å²) in [6, 6.07) is 19.4. The Kier molecular flexibility index (Phi) is 9.35. The molecule has 0 aliphatic rings. The molecule has 0 radical (unpaired) electrons. The van der Waals surface area contributed by atoms with Crippen LogP contribution < -0.4 is 26.1 Å². The molecule has 0 bridgehead atoms. The average molecular weight is 592 g/mol. The van der Waals surface area contributed by atoms with Crippen molar-refractivity contribution in [3.05, 3.63) is 88.9 Å². The lowest BCUT2D eigenvalue weighted by Crippen LogP contribution is -2.18. The van der Waals surface area contributed by atoms with Crippen LogP contribution in [0.1, 0.15) is 11.1 Å². The van der Waals surface area contributed by atoms with Crippen molar-refractivity contribution in [2.24, 2.45) is 5.10 Å². The smallest absolute Gasteiger partial charge is 0.488 e. The number of rotatable bonds is 11. The molecule has 4 aromatic rings. The molecular formula is C25H21ClF3N7O3S. The van der Waals surface area contributed by atoms with Crippen molar-refractivity contribution in [2.45, 2.75) is 18.1 Å². The van der Waals surface area contributed by atoms with Gasteiger partial charge in [0.05, 0.1) is 12.0 Å². The zero-order valence-electron chi connectivity index (χ0n) is 20.4. The third-order valence-corrected chi connectivity index (χ3v) is 6.16. The predicted octanol–water partition coefficient (Wildman–Crippen LogP) is 5.30. The van der Waals surface area contributed by atoms with Gasteiger partial charge in [0.25, 0.3) is 5.95 Å². The molecule has 0 aliphatic carbocycles. The molecule has 1 aromatic heterocycles. The molecule has 10 nitrogen and oxygen atoms in total. The quantitative estimate of drug-likeness (QED) is 0.0928. The van der Waals surface area contributed by atoms with E-state index in [1.54, 1.807) is 12.1 Å².